The molecule has 3 heterocycles. The summed E-state index contributed by atoms with van der Waals surface area (Å²) < 4.78 is 10.5. The van der Waals surface area contributed by atoms with E-state index in [-0.39, 0.29) is 17.1 Å². The van der Waals surface area contributed by atoms with Crippen molar-refractivity contribution in [2.75, 3.05) is 25.5 Å². The van der Waals surface area contributed by atoms with Crippen LogP contribution in [0.2, 0.25) is 0 Å². The Morgan fingerprint density at radius 3 is 2.96 bits per heavy atom. The SMILES string of the molecule is COc1coc(CN2CCCC3(C2)C(=O)Nc2ccccc23)cc1=O. The Morgan fingerprint density at radius 2 is 2.16 bits per heavy atom. The van der Waals surface area contributed by atoms with Gasteiger partial charge in [-0.05, 0) is 31.0 Å². The molecule has 2 aromatic rings. The van der Waals surface area contributed by atoms with E-state index in [2.05, 4.69) is 10.2 Å². The van der Waals surface area contributed by atoms with Crippen LogP contribution >= 0.6 is 0 Å². The Labute approximate surface area is 145 Å². The fourth-order valence-corrected chi connectivity index (χ4v) is 3.95. The minimum Gasteiger partial charge on any atom is -0.490 e. The number of ether oxygens (including phenoxy) is 1. The molecule has 1 unspecified atom stereocenters. The van der Waals surface area contributed by atoms with Crippen molar-refractivity contribution >= 4 is 11.6 Å². The number of rotatable bonds is 3. The number of para-hydroxylation sites is 1. The summed E-state index contributed by atoms with van der Waals surface area (Å²) in [6, 6.07) is 9.35. The normalized spacial score (nSPS) is 22.7. The molecule has 1 N–H and O–H groups in total. The number of benzene rings is 1. The van der Waals surface area contributed by atoms with Gasteiger partial charge in [0, 0.05) is 18.3 Å². The first kappa shape index (κ1) is 15.9. The molecule has 1 aromatic heterocycles. The number of hydrogen-bond donors (Lipinski definition) is 1. The summed E-state index contributed by atoms with van der Waals surface area (Å²) in [7, 11) is 1.44. The maximum atomic E-state index is 12.7. The summed E-state index contributed by atoms with van der Waals surface area (Å²) in [4.78, 5) is 26.8. The lowest BCUT2D eigenvalue weighted by Gasteiger charge is -2.38. The minimum absolute atomic E-state index is 0.0644. The van der Waals surface area contributed by atoms with E-state index in [1.54, 1.807) is 0 Å². The lowest BCUT2D eigenvalue weighted by Crippen LogP contribution is -2.49. The van der Waals surface area contributed by atoms with Crippen LogP contribution in [0.4, 0.5) is 5.69 Å². The molecular formula is C19H20N2O4. The first-order chi connectivity index (χ1) is 12.1. The minimum atomic E-state index is -0.512. The Kier molecular flexibility index (Phi) is 3.84. The molecule has 1 saturated heterocycles. The standard InChI is InChI=1S/C19H20N2O4/c1-24-17-11-25-13(9-16(17)22)10-21-8-4-7-19(12-21)14-5-2-3-6-15(14)20-18(19)23/h2-3,5-6,9,11H,4,7-8,10,12H2,1H3,(H,20,23). The number of nitrogens with zero attached hydrogens (tertiary/aromatic N) is 1. The van der Waals surface area contributed by atoms with Crippen molar-refractivity contribution in [1.29, 1.82) is 0 Å². The van der Waals surface area contributed by atoms with E-state index >= 15 is 0 Å². The zero-order valence-electron chi connectivity index (χ0n) is 14.1. The molecule has 1 fully saturated rings. The van der Waals surface area contributed by atoms with Gasteiger partial charge in [0.1, 0.15) is 12.0 Å². The molecule has 1 atom stereocenters. The van der Waals surface area contributed by atoms with E-state index in [0.717, 1.165) is 30.6 Å². The fourth-order valence-electron chi connectivity index (χ4n) is 3.95. The van der Waals surface area contributed by atoms with Crippen LogP contribution in [-0.2, 0) is 16.8 Å². The summed E-state index contributed by atoms with van der Waals surface area (Å²) in [6.07, 6.45) is 3.09. The highest BCUT2D eigenvalue weighted by atomic mass is 16.5. The molecule has 2 aliphatic rings. The molecule has 0 aliphatic carbocycles. The van der Waals surface area contributed by atoms with E-state index < -0.39 is 5.41 Å². The van der Waals surface area contributed by atoms with Gasteiger partial charge in [-0.2, -0.15) is 0 Å². The van der Waals surface area contributed by atoms with Crippen LogP contribution in [0.1, 0.15) is 24.2 Å². The Hall–Kier alpha value is -2.60. The Morgan fingerprint density at radius 1 is 1.32 bits per heavy atom. The number of carbonyl (C=O) groups is 1. The van der Waals surface area contributed by atoms with Crippen molar-refractivity contribution in [3.8, 4) is 5.75 Å². The first-order valence-electron chi connectivity index (χ1n) is 8.41. The second-order valence-corrected chi connectivity index (χ2v) is 6.68. The fraction of sp³-hybridized carbons (Fsp3) is 0.368. The smallest absolute Gasteiger partial charge is 0.236 e. The highest BCUT2D eigenvalue weighted by Crippen LogP contribution is 2.43. The van der Waals surface area contributed by atoms with Crippen molar-refractivity contribution in [2.45, 2.75) is 24.8 Å². The van der Waals surface area contributed by atoms with Gasteiger partial charge in [-0.25, -0.2) is 0 Å². The van der Waals surface area contributed by atoms with Crippen molar-refractivity contribution in [1.82, 2.24) is 4.90 Å². The number of carbonyl (C=O) groups excluding carboxylic acids is 1. The molecule has 0 bridgehead atoms. The van der Waals surface area contributed by atoms with Crippen LogP contribution in [0, 0.1) is 0 Å². The van der Waals surface area contributed by atoms with E-state index in [9.17, 15) is 9.59 Å². The van der Waals surface area contributed by atoms with Crippen LogP contribution in [0.3, 0.4) is 0 Å². The number of anilines is 1. The van der Waals surface area contributed by atoms with Crippen LogP contribution in [-0.4, -0.2) is 31.0 Å². The second-order valence-electron chi connectivity index (χ2n) is 6.68. The highest BCUT2D eigenvalue weighted by Gasteiger charge is 2.48. The average Bonchev–Trinajstić information content (AvgIpc) is 2.87. The van der Waals surface area contributed by atoms with Gasteiger partial charge in [0.15, 0.2) is 0 Å². The van der Waals surface area contributed by atoms with E-state index in [1.165, 1.54) is 19.4 Å². The second kappa shape index (κ2) is 6.04. The van der Waals surface area contributed by atoms with Crippen molar-refractivity contribution in [3.05, 3.63) is 58.1 Å². The van der Waals surface area contributed by atoms with E-state index in [1.807, 2.05) is 24.3 Å². The molecule has 1 amide bonds. The number of methoxy groups -OCH3 is 1. The molecule has 0 saturated carbocycles. The molecule has 1 aromatic carbocycles. The zero-order valence-corrected chi connectivity index (χ0v) is 14.1. The summed E-state index contributed by atoms with van der Waals surface area (Å²) in [5, 5.41) is 3.01. The third kappa shape index (κ3) is 2.62. The first-order valence-corrected chi connectivity index (χ1v) is 8.41. The molecule has 6 heteroatoms. The molecule has 25 heavy (non-hydrogen) atoms. The Balaban J connectivity index is 1.59. The largest absolute Gasteiger partial charge is 0.490 e. The maximum absolute atomic E-state index is 12.7. The average molecular weight is 340 g/mol. The number of nitrogens with one attached hydrogen (secondary N) is 1. The van der Waals surface area contributed by atoms with Crippen LogP contribution < -0.4 is 15.5 Å². The lowest BCUT2D eigenvalue weighted by molar-refractivity contribution is -0.123. The number of fused-ring (bicyclic) bond motifs is 2. The van der Waals surface area contributed by atoms with Gasteiger partial charge in [0.25, 0.3) is 0 Å². The Bertz CT molecular complexity index is 876. The van der Waals surface area contributed by atoms with Gasteiger partial charge in [-0.1, -0.05) is 18.2 Å². The molecule has 130 valence electrons. The number of likely N-dealkylation sites (tertiary alicyclic amines) is 1. The van der Waals surface area contributed by atoms with Crippen LogP contribution in [0.25, 0.3) is 0 Å². The van der Waals surface area contributed by atoms with Gasteiger partial charge in [0.2, 0.25) is 17.1 Å². The summed E-state index contributed by atoms with van der Waals surface area (Å²) in [5.74, 6) is 0.840. The van der Waals surface area contributed by atoms with Crippen molar-refractivity contribution in [3.63, 3.8) is 0 Å². The summed E-state index contributed by atoms with van der Waals surface area (Å²) in [6.45, 7) is 1.98. The number of amides is 1. The predicted octanol–water partition coefficient (Wildman–Crippen LogP) is 2.13. The molecule has 6 nitrogen and oxygen atoms in total. The van der Waals surface area contributed by atoms with Crippen molar-refractivity contribution in [2.24, 2.45) is 0 Å². The van der Waals surface area contributed by atoms with E-state index in [4.69, 9.17) is 9.15 Å². The van der Waals surface area contributed by atoms with Gasteiger partial charge in [-0.15, -0.1) is 0 Å². The number of piperidine rings is 1. The highest BCUT2D eigenvalue weighted by molar-refractivity contribution is 6.06. The monoisotopic (exact) mass is 340 g/mol. The topological polar surface area (TPSA) is 71.8 Å². The lowest BCUT2D eigenvalue weighted by atomic mass is 9.75. The zero-order chi connectivity index (χ0) is 17.4. The maximum Gasteiger partial charge on any atom is 0.236 e. The molecule has 2 aliphatic heterocycles. The quantitative estimate of drug-likeness (QED) is 0.927. The van der Waals surface area contributed by atoms with Gasteiger partial charge >= 0.3 is 0 Å². The van der Waals surface area contributed by atoms with Gasteiger partial charge < -0.3 is 14.5 Å². The predicted molar refractivity (Wildman–Crippen MR) is 92.8 cm³/mol. The third-order valence-corrected chi connectivity index (χ3v) is 5.15. The van der Waals surface area contributed by atoms with Gasteiger partial charge in [0.05, 0.1) is 19.1 Å². The molecule has 0 radical (unpaired) electrons. The van der Waals surface area contributed by atoms with Crippen molar-refractivity contribution < 1.29 is 13.9 Å². The van der Waals surface area contributed by atoms with Gasteiger partial charge in [-0.3, -0.25) is 14.5 Å². The number of hydrogen-bond acceptors (Lipinski definition) is 5. The molecular weight excluding hydrogens is 320 g/mol. The van der Waals surface area contributed by atoms with Crippen LogP contribution in [0.5, 0.6) is 5.75 Å². The summed E-state index contributed by atoms with van der Waals surface area (Å²) >= 11 is 0. The molecule has 1 spiro atoms. The van der Waals surface area contributed by atoms with E-state index in [0.29, 0.717) is 18.8 Å². The molecule has 4 rings (SSSR count). The summed E-state index contributed by atoms with van der Waals surface area (Å²) in [5.41, 5.74) is 1.27. The van der Waals surface area contributed by atoms with Crippen LogP contribution in [0.15, 0.2) is 45.8 Å². The third-order valence-electron chi connectivity index (χ3n) is 5.15.